The summed E-state index contributed by atoms with van der Waals surface area (Å²) in [5, 5.41) is 17.3. The second-order valence-electron chi connectivity index (χ2n) is 11.2. The van der Waals surface area contributed by atoms with Crippen LogP contribution in [0.15, 0.2) is 36.7 Å². The summed E-state index contributed by atoms with van der Waals surface area (Å²) in [7, 11) is 3.94. The van der Waals surface area contributed by atoms with E-state index in [0.29, 0.717) is 17.7 Å². The Kier molecular flexibility index (Phi) is 16.8. The molecule has 2 aromatic heterocycles. The van der Waals surface area contributed by atoms with Crippen molar-refractivity contribution in [2.45, 2.75) is 92.5 Å². The molecule has 1 aliphatic carbocycles. The molecule has 3 heterocycles. The number of piperidine rings is 1. The zero-order valence-corrected chi connectivity index (χ0v) is 26.3. The standard InChI is InChI=1S/C12H21N3.C7H13NO.C7H13N.C6H8N2/c1-9-14-8-11(15-9)12(13-2)10-6-4-3-5-7-10;1-5-3-6(2)7(9)8-4-5;1-4-6(2)5-7(3)8;1-3-6-4-5-7-8(6)2/h8,10,12-13H,3-7H2,1-2H3,(H,14,15);5-6H,3-4H2,1-2H3,(H,8,9);5,8H,4H2,1-3H3;3-5H,1H2,2H3/b;;6-5-,8-7?;. The van der Waals surface area contributed by atoms with Crippen LogP contribution in [0, 0.1) is 30.1 Å². The van der Waals surface area contributed by atoms with Gasteiger partial charge in [-0.05, 0) is 83.6 Å². The highest BCUT2D eigenvalue weighted by atomic mass is 16.1. The summed E-state index contributed by atoms with van der Waals surface area (Å²) in [6.45, 7) is 16.5. The first-order valence-electron chi connectivity index (χ1n) is 14.8. The number of carbonyl (C=O) groups excluding carboxylic acids is 1. The van der Waals surface area contributed by atoms with Gasteiger partial charge in [0.15, 0.2) is 0 Å². The van der Waals surface area contributed by atoms with Crippen LogP contribution in [0.4, 0.5) is 0 Å². The van der Waals surface area contributed by atoms with Crippen molar-refractivity contribution in [1.82, 2.24) is 30.4 Å². The van der Waals surface area contributed by atoms with E-state index in [9.17, 15) is 4.79 Å². The summed E-state index contributed by atoms with van der Waals surface area (Å²) < 4.78 is 1.77. The Bertz CT molecular complexity index is 1050. The molecule has 8 nitrogen and oxygen atoms in total. The molecule has 1 saturated heterocycles. The van der Waals surface area contributed by atoms with Gasteiger partial charge in [-0.15, -0.1) is 0 Å². The number of carbonyl (C=O) groups is 1. The topological polar surface area (TPSA) is 111 Å². The van der Waals surface area contributed by atoms with Crippen LogP contribution in [0.3, 0.4) is 0 Å². The van der Waals surface area contributed by atoms with E-state index in [0.717, 1.165) is 36.8 Å². The highest BCUT2D eigenvalue weighted by Crippen LogP contribution is 2.33. The lowest BCUT2D eigenvalue weighted by Gasteiger charge is -2.29. The molecule has 3 atom stereocenters. The van der Waals surface area contributed by atoms with Crippen LogP contribution in [0.5, 0.6) is 0 Å². The summed E-state index contributed by atoms with van der Waals surface area (Å²) in [6, 6.07) is 2.37. The van der Waals surface area contributed by atoms with Crippen molar-refractivity contribution in [2.75, 3.05) is 13.6 Å². The molecule has 40 heavy (non-hydrogen) atoms. The van der Waals surface area contributed by atoms with Gasteiger partial charge in [-0.3, -0.25) is 9.48 Å². The number of nitrogens with one attached hydrogen (secondary N) is 4. The van der Waals surface area contributed by atoms with Crippen molar-refractivity contribution in [2.24, 2.45) is 24.8 Å². The van der Waals surface area contributed by atoms with Crippen LogP contribution < -0.4 is 10.6 Å². The van der Waals surface area contributed by atoms with Gasteiger partial charge in [0.05, 0.1) is 17.4 Å². The zero-order chi connectivity index (χ0) is 30.1. The lowest BCUT2D eigenvalue weighted by Crippen LogP contribution is -2.39. The predicted molar refractivity (Wildman–Crippen MR) is 168 cm³/mol. The van der Waals surface area contributed by atoms with Crippen LogP contribution in [0.25, 0.3) is 6.08 Å². The fraction of sp³-hybridized carbons (Fsp3) is 0.625. The van der Waals surface area contributed by atoms with Crippen LogP contribution in [-0.4, -0.2) is 45.0 Å². The molecule has 0 aromatic carbocycles. The number of allylic oxidation sites excluding steroid dienone is 2. The van der Waals surface area contributed by atoms with E-state index in [1.54, 1.807) is 23.9 Å². The van der Waals surface area contributed by atoms with Crippen LogP contribution in [0.1, 0.15) is 103 Å². The maximum absolute atomic E-state index is 10.8. The van der Waals surface area contributed by atoms with Gasteiger partial charge in [0, 0.05) is 37.6 Å². The molecule has 1 aliphatic heterocycles. The molecule has 1 saturated carbocycles. The van der Waals surface area contributed by atoms with Crippen molar-refractivity contribution in [3.05, 3.63) is 53.9 Å². The van der Waals surface area contributed by atoms with E-state index in [2.05, 4.69) is 53.2 Å². The third-order valence-electron chi connectivity index (χ3n) is 7.41. The van der Waals surface area contributed by atoms with E-state index in [1.165, 1.54) is 43.4 Å². The second-order valence-corrected chi connectivity index (χ2v) is 11.2. The fourth-order valence-corrected chi connectivity index (χ4v) is 5.01. The van der Waals surface area contributed by atoms with Crippen LogP contribution >= 0.6 is 0 Å². The van der Waals surface area contributed by atoms with Gasteiger partial charge >= 0.3 is 0 Å². The lowest BCUT2D eigenvalue weighted by molar-refractivity contribution is -0.126. The summed E-state index contributed by atoms with van der Waals surface area (Å²) in [5.41, 5.74) is 4.22. The third-order valence-corrected chi connectivity index (χ3v) is 7.41. The van der Waals surface area contributed by atoms with Crippen LogP contribution in [-0.2, 0) is 11.8 Å². The summed E-state index contributed by atoms with van der Waals surface area (Å²) >= 11 is 0. The number of rotatable bonds is 6. The molecule has 4 rings (SSSR count). The van der Waals surface area contributed by atoms with E-state index in [-0.39, 0.29) is 11.8 Å². The molecule has 4 N–H and O–H groups in total. The molecule has 1 amide bonds. The van der Waals surface area contributed by atoms with Crippen molar-refractivity contribution >= 4 is 17.7 Å². The number of hydrogen-bond donors (Lipinski definition) is 4. The highest BCUT2D eigenvalue weighted by Gasteiger charge is 2.24. The third kappa shape index (κ3) is 13.4. The number of aromatic nitrogens is 4. The predicted octanol–water partition coefficient (Wildman–Crippen LogP) is 6.78. The quantitative estimate of drug-likeness (QED) is 0.295. The minimum Gasteiger partial charge on any atom is -0.356 e. The van der Waals surface area contributed by atoms with Gasteiger partial charge in [0.1, 0.15) is 5.82 Å². The summed E-state index contributed by atoms with van der Waals surface area (Å²) in [4.78, 5) is 18.5. The molecule has 0 spiro atoms. The minimum atomic E-state index is 0.216. The minimum absolute atomic E-state index is 0.216. The van der Waals surface area contributed by atoms with E-state index >= 15 is 0 Å². The zero-order valence-electron chi connectivity index (χ0n) is 26.3. The number of imidazole rings is 1. The number of hydrogen-bond acceptors (Lipinski definition) is 5. The monoisotopic (exact) mass is 553 g/mol. The fourth-order valence-electron chi connectivity index (χ4n) is 5.01. The molecule has 0 bridgehead atoms. The van der Waals surface area contributed by atoms with Gasteiger partial charge < -0.3 is 21.0 Å². The SMILES string of the molecule is C=Cc1ccnn1C.CC/C(C)=C\C(C)=N.CC1CNC(=O)C(C)C1.CNC(c1cnc(C)[nH]1)C1CCCCC1. The largest absolute Gasteiger partial charge is 0.356 e. The van der Waals surface area contributed by atoms with Gasteiger partial charge in [-0.2, -0.15) is 5.10 Å². The molecule has 2 aromatic rings. The first kappa shape index (κ1) is 35.0. The lowest BCUT2D eigenvalue weighted by atomic mass is 9.83. The molecule has 0 radical (unpaired) electrons. The van der Waals surface area contributed by atoms with Crippen molar-refractivity contribution < 1.29 is 4.79 Å². The second kappa shape index (κ2) is 19.1. The van der Waals surface area contributed by atoms with E-state index < -0.39 is 0 Å². The van der Waals surface area contributed by atoms with Gasteiger partial charge in [-0.1, -0.05) is 52.2 Å². The molecule has 224 valence electrons. The summed E-state index contributed by atoms with van der Waals surface area (Å²) in [6.07, 6.45) is 16.4. The average Bonchev–Trinajstić information content (AvgIpc) is 3.55. The number of aromatic amines is 1. The van der Waals surface area contributed by atoms with Crippen molar-refractivity contribution in [3.63, 3.8) is 0 Å². The first-order valence-corrected chi connectivity index (χ1v) is 14.8. The number of H-pyrrole nitrogens is 1. The number of nitrogens with zero attached hydrogens (tertiary/aromatic N) is 3. The Morgan fingerprint density at radius 3 is 2.33 bits per heavy atom. The van der Waals surface area contributed by atoms with E-state index in [1.807, 2.05) is 46.2 Å². The molecular formula is C32H55N7O. The normalized spacial score (nSPS) is 19.9. The Morgan fingerprint density at radius 2 is 1.95 bits per heavy atom. The maximum Gasteiger partial charge on any atom is 0.222 e. The average molecular weight is 554 g/mol. The summed E-state index contributed by atoms with van der Waals surface area (Å²) in [5.74, 6) is 2.91. The first-order chi connectivity index (χ1) is 19.0. The number of aryl methyl sites for hydroxylation is 2. The van der Waals surface area contributed by atoms with Crippen molar-refractivity contribution in [3.8, 4) is 0 Å². The highest BCUT2D eigenvalue weighted by molar-refractivity contribution is 5.90. The molecule has 3 unspecified atom stereocenters. The van der Waals surface area contributed by atoms with Gasteiger partial charge in [0.2, 0.25) is 5.91 Å². The van der Waals surface area contributed by atoms with E-state index in [4.69, 9.17) is 5.41 Å². The maximum atomic E-state index is 10.8. The van der Waals surface area contributed by atoms with Gasteiger partial charge in [0.25, 0.3) is 0 Å². The van der Waals surface area contributed by atoms with Crippen LogP contribution in [0.2, 0.25) is 0 Å². The number of amides is 1. The molecule has 8 heteroatoms. The Morgan fingerprint density at radius 1 is 1.27 bits per heavy atom. The smallest absolute Gasteiger partial charge is 0.222 e. The molecule has 2 fully saturated rings. The Balaban J connectivity index is 0.000000280. The molecular weight excluding hydrogens is 498 g/mol. The molecule has 2 aliphatic rings. The Hall–Kier alpha value is -3.00. The van der Waals surface area contributed by atoms with Gasteiger partial charge in [-0.25, -0.2) is 4.98 Å². The Labute approximate surface area is 243 Å². The van der Waals surface area contributed by atoms with Crippen molar-refractivity contribution in [1.29, 1.82) is 5.41 Å².